The van der Waals surface area contributed by atoms with E-state index in [1.165, 1.54) is 5.69 Å². The summed E-state index contributed by atoms with van der Waals surface area (Å²) in [6, 6.07) is 6.91. The minimum Gasteiger partial charge on any atom is -0.368 e. The Morgan fingerprint density at radius 3 is 2.87 bits per heavy atom. The molecular weight excluding hydrogens is 320 g/mol. The molecule has 15 heavy (non-hydrogen) atoms. The van der Waals surface area contributed by atoms with Crippen LogP contribution in [0.1, 0.15) is 6.92 Å². The van der Waals surface area contributed by atoms with Crippen LogP contribution in [0.4, 0.5) is 5.69 Å². The van der Waals surface area contributed by atoms with Gasteiger partial charge in [0.1, 0.15) is 0 Å². The lowest BCUT2D eigenvalue weighted by Gasteiger charge is -2.34. The number of nitrogens with zero attached hydrogens (tertiary/aromatic N) is 1. The fraction of sp³-hybridized carbons (Fsp3) is 0.455. The summed E-state index contributed by atoms with van der Waals surface area (Å²) >= 11 is 7.08. The normalized spacial score (nSPS) is 21.8. The third kappa shape index (κ3) is 2.74. The van der Waals surface area contributed by atoms with E-state index in [0.717, 1.165) is 28.6 Å². The third-order valence-electron chi connectivity index (χ3n) is 2.62. The zero-order chi connectivity index (χ0) is 10.8. The number of hydrogen-bond acceptors (Lipinski definition) is 2. The molecule has 0 radical (unpaired) electrons. The van der Waals surface area contributed by atoms with Crippen molar-refractivity contribution in [1.29, 1.82) is 0 Å². The lowest BCUT2D eigenvalue weighted by Crippen LogP contribution is -2.49. The van der Waals surface area contributed by atoms with Gasteiger partial charge in [-0.2, -0.15) is 0 Å². The molecule has 2 rings (SSSR count). The van der Waals surface area contributed by atoms with Gasteiger partial charge in [-0.1, -0.05) is 15.9 Å². The standard InChI is InChI=1S/C11H14Br2N2/c1-8-7-15(5-4-14-8)11-3-2-9(12)6-10(11)13/h2-3,6,8,14H,4-5,7H2,1H3. The molecule has 1 fully saturated rings. The van der Waals surface area contributed by atoms with Crippen molar-refractivity contribution in [3.63, 3.8) is 0 Å². The molecule has 1 saturated heterocycles. The molecule has 0 aromatic heterocycles. The molecule has 1 aliphatic rings. The lowest BCUT2D eigenvalue weighted by molar-refractivity contribution is 0.484. The molecule has 1 aliphatic heterocycles. The maximum atomic E-state index is 3.61. The highest BCUT2D eigenvalue weighted by molar-refractivity contribution is 9.11. The Hall–Kier alpha value is -0.0600. The second-order valence-electron chi connectivity index (χ2n) is 3.90. The van der Waals surface area contributed by atoms with Crippen molar-refractivity contribution in [3.05, 3.63) is 27.1 Å². The second kappa shape index (κ2) is 4.85. The van der Waals surface area contributed by atoms with Crippen LogP contribution in [0.3, 0.4) is 0 Å². The molecule has 1 unspecified atom stereocenters. The van der Waals surface area contributed by atoms with E-state index < -0.39 is 0 Å². The Morgan fingerprint density at radius 2 is 2.20 bits per heavy atom. The summed E-state index contributed by atoms with van der Waals surface area (Å²) in [5.74, 6) is 0. The summed E-state index contributed by atoms with van der Waals surface area (Å²) < 4.78 is 2.27. The summed E-state index contributed by atoms with van der Waals surface area (Å²) in [4.78, 5) is 2.41. The number of rotatable bonds is 1. The van der Waals surface area contributed by atoms with Crippen molar-refractivity contribution in [2.75, 3.05) is 24.5 Å². The van der Waals surface area contributed by atoms with Gasteiger partial charge in [-0.3, -0.25) is 0 Å². The van der Waals surface area contributed by atoms with Gasteiger partial charge in [0.2, 0.25) is 0 Å². The quantitative estimate of drug-likeness (QED) is 0.849. The lowest BCUT2D eigenvalue weighted by atomic mass is 10.2. The number of nitrogens with one attached hydrogen (secondary N) is 1. The topological polar surface area (TPSA) is 15.3 Å². The largest absolute Gasteiger partial charge is 0.368 e. The van der Waals surface area contributed by atoms with Gasteiger partial charge in [-0.25, -0.2) is 0 Å². The first kappa shape index (κ1) is 11.4. The molecular formula is C11H14Br2N2. The highest BCUT2D eigenvalue weighted by Crippen LogP contribution is 2.29. The number of halogens is 2. The van der Waals surface area contributed by atoms with Crippen LogP contribution in [0.25, 0.3) is 0 Å². The summed E-state index contributed by atoms with van der Waals surface area (Å²) in [5, 5.41) is 3.45. The molecule has 1 atom stereocenters. The second-order valence-corrected chi connectivity index (χ2v) is 5.67. The zero-order valence-corrected chi connectivity index (χ0v) is 11.8. The van der Waals surface area contributed by atoms with E-state index in [0.29, 0.717) is 6.04 Å². The van der Waals surface area contributed by atoms with Crippen LogP contribution in [0.2, 0.25) is 0 Å². The van der Waals surface area contributed by atoms with Gasteiger partial charge >= 0.3 is 0 Å². The first-order valence-electron chi connectivity index (χ1n) is 5.10. The number of benzene rings is 1. The molecule has 1 aromatic rings. The van der Waals surface area contributed by atoms with Gasteiger partial charge < -0.3 is 10.2 Å². The summed E-state index contributed by atoms with van der Waals surface area (Å²) in [6.07, 6.45) is 0. The minimum absolute atomic E-state index is 0.564. The van der Waals surface area contributed by atoms with Crippen molar-refractivity contribution in [2.24, 2.45) is 0 Å². The monoisotopic (exact) mass is 332 g/mol. The summed E-state index contributed by atoms with van der Waals surface area (Å²) in [5.41, 5.74) is 1.28. The van der Waals surface area contributed by atoms with Crippen molar-refractivity contribution >= 4 is 37.5 Å². The summed E-state index contributed by atoms with van der Waals surface area (Å²) in [6.45, 7) is 5.42. The van der Waals surface area contributed by atoms with Gasteiger partial charge in [0.25, 0.3) is 0 Å². The van der Waals surface area contributed by atoms with E-state index in [1.807, 2.05) is 0 Å². The Balaban J connectivity index is 2.21. The molecule has 0 bridgehead atoms. The molecule has 1 aromatic carbocycles. The Bertz CT molecular complexity index is 354. The van der Waals surface area contributed by atoms with Crippen LogP contribution >= 0.6 is 31.9 Å². The molecule has 0 aliphatic carbocycles. The van der Waals surface area contributed by atoms with Gasteiger partial charge in [0.15, 0.2) is 0 Å². The van der Waals surface area contributed by atoms with Gasteiger partial charge in [0, 0.05) is 34.6 Å². The van der Waals surface area contributed by atoms with Gasteiger partial charge in [-0.15, -0.1) is 0 Å². The number of hydrogen-bond donors (Lipinski definition) is 1. The first-order valence-corrected chi connectivity index (χ1v) is 6.69. The molecule has 1 heterocycles. The SMILES string of the molecule is CC1CN(c2ccc(Br)cc2Br)CCN1. The zero-order valence-electron chi connectivity index (χ0n) is 8.63. The molecule has 0 amide bonds. The van der Waals surface area contributed by atoms with Crippen LogP contribution < -0.4 is 10.2 Å². The van der Waals surface area contributed by atoms with Crippen LogP contribution in [-0.2, 0) is 0 Å². The fourth-order valence-corrected chi connectivity index (χ4v) is 3.19. The van der Waals surface area contributed by atoms with Crippen molar-refractivity contribution in [3.8, 4) is 0 Å². The van der Waals surface area contributed by atoms with Gasteiger partial charge in [0.05, 0.1) is 5.69 Å². The Morgan fingerprint density at radius 1 is 1.40 bits per heavy atom. The van der Waals surface area contributed by atoms with Crippen molar-refractivity contribution in [2.45, 2.75) is 13.0 Å². The number of piperazine rings is 1. The van der Waals surface area contributed by atoms with E-state index in [1.54, 1.807) is 0 Å². The minimum atomic E-state index is 0.564. The third-order valence-corrected chi connectivity index (χ3v) is 3.75. The Kier molecular flexibility index (Phi) is 3.69. The molecule has 2 nitrogen and oxygen atoms in total. The average molecular weight is 334 g/mol. The highest BCUT2D eigenvalue weighted by Gasteiger charge is 2.17. The number of anilines is 1. The maximum absolute atomic E-state index is 3.61. The van der Waals surface area contributed by atoms with Crippen LogP contribution in [0.5, 0.6) is 0 Å². The Labute approximate surface area is 107 Å². The van der Waals surface area contributed by atoms with E-state index in [4.69, 9.17) is 0 Å². The van der Waals surface area contributed by atoms with Crippen LogP contribution in [0, 0.1) is 0 Å². The first-order chi connectivity index (χ1) is 7.16. The highest BCUT2D eigenvalue weighted by atomic mass is 79.9. The van der Waals surface area contributed by atoms with E-state index in [9.17, 15) is 0 Å². The van der Waals surface area contributed by atoms with Crippen LogP contribution in [0.15, 0.2) is 27.1 Å². The predicted molar refractivity (Wildman–Crippen MR) is 71.5 cm³/mol. The van der Waals surface area contributed by atoms with E-state index in [-0.39, 0.29) is 0 Å². The molecule has 82 valence electrons. The smallest absolute Gasteiger partial charge is 0.0512 e. The van der Waals surface area contributed by atoms with Gasteiger partial charge in [-0.05, 0) is 41.1 Å². The molecule has 0 spiro atoms. The molecule has 4 heteroatoms. The van der Waals surface area contributed by atoms with E-state index in [2.05, 4.69) is 67.2 Å². The molecule has 1 N–H and O–H groups in total. The van der Waals surface area contributed by atoms with Crippen LogP contribution in [-0.4, -0.2) is 25.7 Å². The van der Waals surface area contributed by atoms with E-state index >= 15 is 0 Å². The average Bonchev–Trinajstić information content (AvgIpc) is 2.17. The summed E-state index contributed by atoms with van der Waals surface area (Å²) in [7, 11) is 0. The molecule has 0 saturated carbocycles. The maximum Gasteiger partial charge on any atom is 0.0512 e. The predicted octanol–water partition coefficient (Wildman–Crippen LogP) is 3.01. The van der Waals surface area contributed by atoms with Crippen molar-refractivity contribution in [1.82, 2.24) is 5.32 Å². The van der Waals surface area contributed by atoms with Crippen molar-refractivity contribution < 1.29 is 0 Å². The fourth-order valence-electron chi connectivity index (χ4n) is 1.89.